The molecule has 1 aliphatic heterocycles. The summed E-state index contributed by atoms with van der Waals surface area (Å²) in [6.45, 7) is 0.721. The second-order valence-electron chi connectivity index (χ2n) is 5.91. The fourth-order valence-corrected chi connectivity index (χ4v) is 2.75. The van der Waals surface area contributed by atoms with Gasteiger partial charge in [-0.25, -0.2) is 0 Å². The zero-order valence-electron chi connectivity index (χ0n) is 14.3. The molecule has 1 aliphatic rings. The van der Waals surface area contributed by atoms with Crippen molar-refractivity contribution in [3.05, 3.63) is 64.2 Å². The minimum absolute atomic E-state index is 0.240. The summed E-state index contributed by atoms with van der Waals surface area (Å²) in [6, 6.07) is 11.3. The molecular weight excluding hydrogens is 372 g/mol. The van der Waals surface area contributed by atoms with E-state index in [0.717, 1.165) is 10.5 Å². The average molecular weight is 387 g/mol. The number of hydrogen-bond donors (Lipinski definition) is 1. The molecule has 0 saturated carbocycles. The van der Waals surface area contributed by atoms with Crippen molar-refractivity contribution in [3.63, 3.8) is 0 Å². The highest BCUT2D eigenvalue weighted by molar-refractivity contribution is 6.31. The highest BCUT2D eigenvalue weighted by Crippen LogP contribution is 2.22. The predicted octanol–water partition coefficient (Wildman–Crippen LogP) is 2.43. The topological polar surface area (TPSA) is 92.8 Å². The predicted molar refractivity (Wildman–Crippen MR) is 97.6 cm³/mol. The van der Waals surface area contributed by atoms with Gasteiger partial charge < -0.3 is 10.1 Å². The summed E-state index contributed by atoms with van der Waals surface area (Å²) in [5, 5.41) is 3.04. The lowest BCUT2D eigenvalue weighted by atomic mass is 10.1. The van der Waals surface area contributed by atoms with Crippen LogP contribution in [-0.2, 0) is 14.3 Å². The van der Waals surface area contributed by atoms with Crippen LogP contribution in [0, 0.1) is 6.92 Å². The second-order valence-corrected chi connectivity index (χ2v) is 6.32. The molecule has 0 saturated heterocycles. The molecule has 1 N–H and O–H groups in total. The van der Waals surface area contributed by atoms with Crippen molar-refractivity contribution in [2.75, 3.05) is 18.5 Å². The number of halogens is 1. The van der Waals surface area contributed by atoms with E-state index in [-0.39, 0.29) is 11.1 Å². The fraction of sp³-hybridized carbons (Fsp3) is 0.158. The lowest BCUT2D eigenvalue weighted by molar-refractivity contribution is -0.147. The van der Waals surface area contributed by atoms with Crippen molar-refractivity contribution in [2.45, 2.75) is 6.92 Å². The summed E-state index contributed by atoms with van der Waals surface area (Å²) >= 11 is 5.98. The summed E-state index contributed by atoms with van der Waals surface area (Å²) in [5.41, 5.74) is 1.81. The molecular formula is C19H15ClN2O5. The van der Waals surface area contributed by atoms with Crippen molar-refractivity contribution < 1.29 is 23.9 Å². The lowest BCUT2D eigenvalue weighted by Crippen LogP contribution is -2.36. The molecule has 1 heterocycles. The number of carbonyl (C=O) groups excluding carboxylic acids is 4. The number of ether oxygens (including phenoxy) is 1. The maximum atomic E-state index is 12.2. The SMILES string of the molecule is Cc1ccc(NC(=O)COC(=O)CN2C(=O)c3ccccc3C2=O)cc1Cl. The Balaban J connectivity index is 1.53. The van der Waals surface area contributed by atoms with Gasteiger partial charge in [0.1, 0.15) is 6.54 Å². The zero-order chi connectivity index (χ0) is 19.6. The maximum Gasteiger partial charge on any atom is 0.326 e. The summed E-state index contributed by atoms with van der Waals surface area (Å²) in [4.78, 5) is 49.0. The molecule has 0 aromatic heterocycles. The summed E-state index contributed by atoms with van der Waals surface area (Å²) < 4.78 is 4.86. The van der Waals surface area contributed by atoms with E-state index in [4.69, 9.17) is 16.3 Å². The second kappa shape index (κ2) is 7.59. The lowest BCUT2D eigenvalue weighted by Gasteiger charge is -2.13. The molecule has 0 aliphatic carbocycles. The van der Waals surface area contributed by atoms with Crippen LogP contribution in [0.5, 0.6) is 0 Å². The molecule has 2 aromatic rings. The number of amides is 3. The normalized spacial score (nSPS) is 12.7. The smallest absolute Gasteiger partial charge is 0.326 e. The van der Waals surface area contributed by atoms with Crippen LogP contribution in [0.25, 0.3) is 0 Å². The maximum absolute atomic E-state index is 12.2. The van der Waals surface area contributed by atoms with Gasteiger partial charge >= 0.3 is 5.97 Å². The highest BCUT2D eigenvalue weighted by Gasteiger charge is 2.36. The highest BCUT2D eigenvalue weighted by atomic mass is 35.5. The number of esters is 1. The van der Waals surface area contributed by atoms with Crippen molar-refractivity contribution in [1.82, 2.24) is 4.90 Å². The van der Waals surface area contributed by atoms with Crippen LogP contribution in [-0.4, -0.2) is 41.7 Å². The fourth-order valence-electron chi connectivity index (χ4n) is 2.57. The van der Waals surface area contributed by atoms with Crippen LogP contribution >= 0.6 is 11.6 Å². The number of carbonyl (C=O) groups is 4. The molecule has 0 unspecified atom stereocenters. The molecule has 8 heteroatoms. The van der Waals surface area contributed by atoms with Crippen LogP contribution in [0.2, 0.25) is 5.02 Å². The van der Waals surface area contributed by atoms with Gasteiger partial charge in [0.05, 0.1) is 11.1 Å². The number of nitrogens with one attached hydrogen (secondary N) is 1. The van der Waals surface area contributed by atoms with Crippen molar-refractivity contribution in [1.29, 1.82) is 0 Å². The van der Waals surface area contributed by atoms with Gasteiger partial charge in [-0.15, -0.1) is 0 Å². The average Bonchev–Trinajstić information content (AvgIpc) is 2.88. The number of benzene rings is 2. The first-order chi connectivity index (χ1) is 12.9. The standard InChI is InChI=1S/C19H15ClN2O5/c1-11-6-7-12(8-15(11)20)21-16(23)10-27-17(24)9-22-18(25)13-4-2-3-5-14(13)19(22)26/h2-8H,9-10H2,1H3,(H,21,23). The van der Waals surface area contributed by atoms with Crippen LogP contribution in [0.3, 0.4) is 0 Å². The van der Waals surface area contributed by atoms with Gasteiger partial charge in [0.2, 0.25) is 0 Å². The number of anilines is 1. The van der Waals surface area contributed by atoms with E-state index in [9.17, 15) is 19.2 Å². The molecule has 27 heavy (non-hydrogen) atoms. The van der Waals surface area contributed by atoms with E-state index in [0.29, 0.717) is 10.7 Å². The number of hydrogen-bond acceptors (Lipinski definition) is 5. The Morgan fingerprint density at radius 2 is 1.70 bits per heavy atom. The Kier molecular flexibility index (Phi) is 5.23. The largest absolute Gasteiger partial charge is 0.454 e. The molecule has 138 valence electrons. The number of rotatable bonds is 5. The monoisotopic (exact) mass is 386 g/mol. The Morgan fingerprint density at radius 1 is 1.07 bits per heavy atom. The number of imide groups is 1. The molecule has 0 fully saturated rings. The van der Waals surface area contributed by atoms with Gasteiger partial charge in [-0.3, -0.25) is 24.1 Å². The van der Waals surface area contributed by atoms with E-state index >= 15 is 0 Å². The number of nitrogens with zero attached hydrogens (tertiary/aromatic N) is 1. The van der Waals surface area contributed by atoms with Crippen molar-refractivity contribution in [2.24, 2.45) is 0 Å². The minimum atomic E-state index is -0.860. The first-order valence-corrected chi connectivity index (χ1v) is 8.41. The Labute approximate surface area is 159 Å². The molecule has 0 radical (unpaired) electrons. The van der Waals surface area contributed by atoms with Crippen LogP contribution in [0.1, 0.15) is 26.3 Å². The van der Waals surface area contributed by atoms with Crippen molar-refractivity contribution >= 4 is 41.0 Å². The molecule has 0 atom stereocenters. The van der Waals surface area contributed by atoms with Crippen molar-refractivity contribution in [3.8, 4) is 0 Å². The first kappa shape index (κ1) is 18.6. The first-order valence-electron chi connectivity index (χ1n) is 8.03. The van der Waals surface area contributed by atoms with Gasteiger partial charge in [-0.1, -0.05) is 29.8 Å². The molecule has 3 amide bonds. The number of fused-ring (bicyclic) bond motifs is 1. The molecule has 2 aromatic carbocycles. The molecule has 0 spiro atoms. The third kappa shape index (κ3) is 3.98. The van der Waals surface area contributed by atoms with E-state index in [1.807, 2.05) is 6.92 Å². The quantitative estimate of drug-likeness (QED) is 0.629. The van der Waals surface area contributed by atoms with E-state index in [1.165, 1.54) is 12.1 Å². The zero-order valence-corrected chi connectivity index (χ0v) is 15.1. The van der Waals surface area contributed by atoms with E-state index in [1.54, 1.807) is 30.3 Å². The van der Waals surface area contributed by atoms with Crippen LogP contribution < -0.4 is 5.32 Å². The van der Waals surface area contributed by atoms with Gasteiger partial charge in [0, 0.05) is 10.7 Å². The minimum Gasteiger partial charge on any atom is -0.454 e. The number of aryl methyl sites for hydroxylation is 1. The van der Waals surface area contributed by atoms with E-state index in [2.05, 4.69) is 5.32 Å². The van der Waals surface area contributed by atoms with E-state index < -0.39 is 36.8 Å². The summed E-state index contributed by atoms with van der Waals surface area (Å²) in [5.74, 6) is -2.55. The third-order valence-electron chi connectivity index (χ3n) is 3.99. The summed E-state index contributed by atoms with van der Waals surface area (Å²) in [6.07, 6.45) is 0. The Morgan fingerprint density at radius 3 is 2.30 bits per heavy atom. The van der Waals surface area contributed by atoms with Gasteiger partial charge in [0.25, 0.3) is 17.7 Å². The third-order valence-corrected chi connectivity index (χ3v) is 4.39. The molecule has 0 bridgehead atoms. The molecule has 7 nitrogen and oxygen atoms in total. The Bertz CT molecular complexity index is 922. The van der Waals surface area contributed by atoms with Gasteiger partial charge in [0.15, 0.2) is 6.61 Å². The van der Waals surface area contributed by atoms with Gasteiger partial charge in [-0.05, 0) is 36.8 Å². The van der Waals surface area contributed by atoms with Gasteiger partial charge in [-0.2, -0.15) is 0 Å². The Hall–Kier alpha value is -3.19. The summed E-state index contributed by atoms with van der Waals surface area (Å²) in [7, 11) is 0. The van der Waals surface area contributed by atoms with Crippen LogP contribution in [0.15, 0.2) is 42.5 Å². The molecule has 3 rings (SSSR count). The van der Waals surface area contributed by atoms with Crippen LogP contribution in [0.4, 0.5) is 5.69 Å².